The number of nitrogens with one attached hydrogen (secondary N) is 1. The molecule has 0 amide bonds. The highest BCUT2D eigenvalue weighted by Gasteiger charge is 2.28. The molecule has 0 aliphatic heterocycles. The largest absolute Gasteiger partial charge is 0.494 e. The lowest BCUT2D eigenvalue weighted by Crippen LogP contribution is -2.01. The fraction of sp³-hybridized carbons (Fsp3) is 0.227. The van der Waals surface area contributed by atoms with Gasteiger partial charge >= 0.3 is 0 Å². The Bertz CT molecular complexity index is 1180. The van der Waals surface area contributed by atoms with Gasteiger partial charge in [-0.25, -0.2) is 4.39 Å². The molecule has 1 aliphatic rings. The SMILES string of the molecule is COc1ccc(Cc2nc3c(c4c2[nH]c2ccccc24)[C@@H](O)CC3)cc1F. The molecule has 1 atom stereocenters. The molecule has 2 heterocycles. The summed E-state index contributed by atoms with van der Waals surface area (Å²) in [5.41, 5.74) is 5.53. The van der Waals surface area contributed by atoms with Gasteiger partial charge in [0.2, 0.25) is 0 Å². The van der Waals surface area contributed by atoms with Gasteiger partial charge in [0.05, 0.1) is 24.4 Å². The number of aryl methyl sites for hydroxylation is 1. The third-order valence-corrected chi connectivity index (χ3v) is 5.42. The lowest BCUT2D eigenvalue weighted by Gasteiger charge is -2.11. The molecule has 4 nitrogen and oxygen atoms in total. The second kappa shape index (κ2) is 6.06. The average molecular weight is 362 g/mol. The third kappa shape index (κ3) is 2.50. The number of para-hydroxylation sites is 1. The van der Waals surface area contributed by atoms with Crippen LogP contribution in [0, 0.1) is 5.82 Å². The number of aromatic amines is 1. The molecule has 2 aromatic heterocycles. The zero-order chi connectivity index (χ0) is 18.5. The molecule has 0 spiro atoms. The fourth-order valence-corrected chi connectivity index (χ4v) is 4.17. The minimum atomic E-state index is -0.485. The van der Waals surface area contributed by atoms with Crippen LogP contribution in [0.15, 0.2) is 42.5 Å². The molecule has 0 saturated heterocycles. The number of hydrogen-bond acceptors (Lipinski definition) is 3. The minimum Gasteiger partial charge on any atom is -0.494 e. The van der Waals surface area contributed by atoms with Crippen LogP contribution in [0.25, 0.3) is 21.8 Å². The van der Waals surface area contributed by atoms with Crippen molar-refractivity contribution in [2.45, 2.75) is 25.4 Å². The predicted molar refractivity (Wildman–Crippen MR) is 103 cm³/mol. The first-order valence-electron chi connectivity index (χ1n) is 9.08. The van der Waals surface area contributed by atoms with Crippen LogP contribution in [0.5, 0.6) is 5.75 Å². The Kier molecular flexibility index (Phi) is 3.65. The summed E-state index contributed by atoms with van der Waals surface area (Å²) in [6.07, 6.45) is 1.47. The van der Waals surface area contributed by atoms with Crippen LogP contribution in [0.4, 0.5) is 4.39 Å². The standard InChI is InChI=1S/C22H19FN2O2/c1-27-19-9-6-12(10-14(19)23)11-17-22-20(13-4-2-3-5-15(13)25-22)21-16(24-17)7-8-18(21)26/h2-6,9-10,18,25-26H,7-8,11H2,1H3/t18-/m0/s1. The van der Waals surface area contributed by atoms with Crippen molar-refractivity contribution in [1.82, 2.24) is 9.97 Å². The Morgan fingerprint density at radius 3 is 2.93 bits per heavy atom. The normalized spacial score (nSPS) is 16.2. The van der Waals surface area contributed by atoms with Crippen molar-refractivity contribution in [3.63, 3.8) is 0 Å². The number of pyridine rings is 1. The van der Waals surface area contributed by atoms with Gasteiger partial charge in [-0.05, 0) is 36.6 Å². The molecular weight excluding hydrogens is 343 g/mol. The Morgan fingerprint density at radius 1 is 1.26 bits per heavy atom. The summed E-state index contributed by atoms with van der Waals surface area (Å²) in [6.45, 7) is 0. The number of aliphatic hydroxyl groups excluding tert-OH is 1. The van der Waals surface area contributed by atoms with Gasteiger partial charge in [0.1, 0.15) is 0 Å². The number of aromatic nitrogens is 2. The number of rotatable bonds is 3. The first kappa shape index (κ1) is 16.3. The second-order valence-electron chi connectivity index (χ2n) is 7.04. The third-order valence-electron chi connectivity index (χ3n) is 5.42. The summed E-state index contributed by atoms with van der Waals surface area (Å²) < 4.78 is 19.1. The molecular formula is C22H19FN2O2. The molecule has 0 bridgehead atoms. The second-order valence-corrected chi connectivity index (χ2v) is 7.04. The first-order valence-corrected chi connectivity index (χ1v) is 9.08. The van der Waals surface area contributed by atoms with Gasteiger partial charge < -0.3 is 14.8 Å². The van der Waals surface area contributed by atoms with E-state index in [4.69, 9.17) is 9.72 Å². The van der Waals surface area contributed by atoms with E-state index < -0.39 is 6.10 Å². The maximum Gasteiger partial charge on any atom is 0.165 e. The highest BCUT2D eigenvalue weighted by Crippen LogP contribution is 2.40. The number of aliphatic hydroxyl groups is 1. The van der Waals surface area contributed by atoms with Gasteiger partial charge in [0.15, 0.2) is 11.6 Å². The molecule has 0 fully saturated rings. The quantitative estimate of drug-likeness (QED) is 0.567. The van der Waals surface area contributed by atoms with Crippen molar-refractivity contribution >= 4 is 21.8 Å². The molecule has 1 aliphatic carbocycles. The maximum absolute atomic E-state index is 14.1. The Balaban J connectivity index is 1.72. The molecule has 5 heteroatoms. The predicted octanol–water partition coefficient (Wildman–Crippen LogP) is 4.43. The monoisotopic (exact) mass is 362 g/mol. The van der Waals surface area contributed by atoms with Crippen molar-refractivity contribution in [3.05, 3.63) is 70.8 Å². The Labute approximate surface area is 155 Å². The van der Waals surface area contributed by atoms with Crippen LogP contribution in [0.1, 0.15) is 35.0 Å². The fourth-order valence-electron chi connectivity index (χ4n) is 4.17. The maximum atomic E-state index is 14.1. The lowest BCUT2D eigenvalue weighted by molar-refractivity contribution is 0.181. The Morgan fingerprint density at radius 2 is 2.11 bits per heavy atom. The van der Waals surface area contributed by atoms with Crippen LogP contribution < -0.4 is 4.74 Å². The van der Waals surface area contributed by atoms with E-state index in [-0.39, 0.29) is 11.6 Å². The molecule has 5 rings (SSSR count). The van der Waals surface area contributed by atoms with Crippen LogP contribution in [0.3, 0.4) is 0 Å². The molecule has 136 valence electrons. The topological polar surface area (TPSA) is 58.1 Å². The lowest BCUT2D eigenvalue weighted by atomic mass is 10.0. The summed E-state index contributed by atoms with van der Waals surface area (Å²) in [5, 5.41) is 12.7. The van der Waals surface area contributed by atoms with Crippen molar-refractivity contribution in [3.8, 4) is 5.75 Å². The molecule has 0 saturated carbocycles. The molecule has 2 N–H and O–H groups in total. The molecule has 0 radical (unpaired) electrons. The van der Waals surface area contributed by atoms with Gasteiger partial charge in [-0.3, -0.25) is 4.98 Å². The number of halogens is 1. The average Bonchev–Trinajstić information content (AvgIpc) is 3.23. The van der Waals surface area contributed by atoms with Gasteiger partial charge in [-0.15, -0.1) is 0 Å². The van der Waals surface area contributed by atoms with Crippen molar-refractivity contribution in [2.75, 3.05) is 7.11 Å². The van der Waals surface area contributed by atoms with Crippen molar-refractivity contribution in [2.24, 2.45) is 0 Å². The molecule has 4 aromatic rings. The van der Waals surface area contributed by atoms with E-state index in [1.54, 1.807) is 6.07 Å². The van der Waals surface area contributed by atoms with Crippen LogP contribution >= 0.6 is 0 Å². The number of ether oxygens (including phenoxy) is 1. The van der Waals surface area contributed by atoms with E-state index in [1.807, 2.05) is 24.3 Å². The van der Waals surface area contributed by atoms with E-state index >= 15 is 0 Å². The number of nitrogens with zero attached hydrogens (tertiary/aromatic N) is 1. The highest BCUT2D eigenvalue weighted by molar-refractivity contribution is 6.10. The summed E-state index contributed by atoms with van der Waals surface area (Å²) in [7, 11) is 1.46. The molecule has 2 aromatic carbocycles. The van der Waals surface area contributed by atoms with Gasteiger partial charge in [0.25, 0.3) is 0 Å². The zero-order valence-corrected chi connectivity index (χ0v) is 14.9. The van der Waals surface area contributed by atoms with E-state index in [1.165, 1.54) is 13.2 Å². The van der Waals surface area contributed by atoms with Crippen molar-refractivity contribution in [1.29, 1.82) is 0 Å². The number of H-pyrrole nitrogens is 1. The minimum absolute atomic E-state index is 0.236. The summed E-state index contributed by atoms with van der Waals surface area (Å²) in [5.74, 6) is -0.140. The number of methoxy groups -OCH3 is 1. The van der Waals surface area contributed by atoms with Gasteiger partial charge in [-0.2, -0.15) is 0 Å². The highest BCUT2D eigenvalue weighted by atomic mass is 19.1. The van der Waals surface area contributed by atoms with Crippen LogP contribution in [-0.2, 0) is 12.8 Å². The number of fused-ring (bicyclic) bond motifs is 5. The number of hydrogen-bond donors (Lipinski definition) is 2. The first-order chi connectivity index (χ1) is 13.2. The summed E-state index contributed by atoms with van der Waals surface area (Å²) in [4.78, 5) is 8.31. The van der Waals surface area contributed by atoms with Crippen LogP contribution in [0.2, 0.25) is 0 Å². The van der Waals surface area contributed by atoms with E-state index in [0.717, 1.165) is 50.7 Å². The zero-order valence-electron chi connectivity index (χ0n) is 14.9. The molecule has 27 heavy (non-hydrogen) atoms. The van der Waals surface area contributed by atoms with Crippen LogP contribution in [-0.4, -0.2) is 22.2 Å². The Hall–Kier alpha value is -2.92. The van der Waals surface area contributed by atoms with Gasteiger partial charge in [-0.1, -0.05) is 24.3 Å². The smallest absolute Gasteiger partial charge is 0.165 e. The summed E-state index contributed by atoms with van der Waals surface area (Å²) >= 11 is 0. The molecule has 0 unspecified atom stereocenters. The van der Waals surface area contributed by atoms with E-state index in [2.05, 4.69) is 11.1 Å². The van der Waals surface area contributed by atoms with Gasteiger partial charge in [0, 0.05) is 34.0 Å². The number of benzene rings is 2. The van der Waals surface area contributed by atoms with E-state index in [0.29, 0.717) is 12.8 Å². The van der Waals surface area contributed by atoms with E-state index in [9.17, 15) is 9.50 Å². The summed E-state index contributed by atoms with van der Waals surface area (Å²) in [6, 6.07) is 13.1. The van der Waals surface area contributed by atoms with Crippen molar-refractivity contribution < 1.29 is 14.2 Å².